The van der Waals surface area contributed by atoms with Crippen LogP contribution < -0.4 is 10.6 Å². The fourth-order valence-corrected chi connectivity index (χ4v) is 2.14. The average molecular weight is 234 g/mol. The van der Waals surface area contributed by atoms with Crippen molar-refractivity contribution in [3.63, 3.8) is 0 Å². The number of para-hydroxylation sites is 1. The third-order valence-corrected chi connectivity index (χ3v) is 3.15. The van der Waals surface area contributed by atoms with Crippen LogP contribution in [0.25, 0.3) is 0 Å². The average Bonchev–Trinajstić information content (AvgIpc) is 2.70. The van der Waals surface area contributed by atoms with Gasteiger partial charge in [-0.3, -0.25) is 4.79 Å². The van der Waals surface area contributed by atoms with E-state index in [0.717, 1.165) is 16.8 Å². The molecule has 4 nitrogen and oxygen atoms in total. The molecule has 0 aliphatic carbocycles. The predicted octanol–water partition coefficient (Wildman–Crippen LogP) is 0.965. The van der Waals surface area contributed by atoms with E-state index in [-0.39, 0.29) is 11.9 Å². The van der Waals surface area contributed by atoms with Crippen LogP contribution >= 0.6 is 0 Å². The van der Waals surface area contributed by atoms with Crippen LogP contribution in [-0.2, 0) is 4.79 Å². The minimum Gasteiger partial charge on any atom is -0.392 e. The Bertz CT molecular complexity index is 411. The predicted molar refractivity (Wildman–Crippen MR) is 67.0 cm³/mol. The molecule has 0 aromatic heterocycles. The van der Waals surface area contributed by atoms with Gasteiger partial charge in [-0.15, -0.1) is 0 Å². The topological polar surface area (TPSA) is 61.4 Å². The lowest BCUT2D eigenvalue weighted by molar-refractivity contribution is -0.117. The van der Waals surface area contributed by atoms with Gasteiger partial charge < -0.3 is 15.7 Å². The second-order valence-corrected chi connectivity index (χ2v) is 4.61. The monoisotopic (exact) mass is 234 g/mol. The molecule has 1 aromatic rings. The first-order valence-electron chi connectivity index (χ1n) is 5.86. The molecule has 1 aliphatic heterocycles. The highest BCUT2D eigenvalue weighted by molar-refractivity contribution is 5.96. The highest BCUT2D eigenvalue weighted by atomic mass is 16.3. The molecule has 92 valence electrons. The highest BCUT2D eigenvalue weighted by Gasteiger charge is 2.28. The van der Waals surface area contributed by atoms with Gasteiger partial charge in [-0.1, -0.05) is 18.2 Å². The van der Waals surface area contributed by atoms with Gasteiger partial charge in [0.25, 0.3) is 0 Å². The van der Waals surface area contributed by atoms with Gasteiger partial charge in [-0.2, -0.15) is 0 Å². The summed E-state index contributed by atoms with van der Waals surface area (Å²) in [6.45, 7) is 4.43. The summed E-state index contributed by atoms with van der Waals surface area (Å²) < 4.78 is 0. The Morgan fingerprint density at radius 3 is 2.59 bits per heavy atom. The zero-order valence-corrected chi connectivity index (χ0v) is 10.2. The van der Waals surface area contributed by atoms with E-state index >= 15 is 0 Å². The lowest BCUT2D eigenvalue weighted by Gasteiger charge is -2.14. The van der Waals surface area contributed by atoms with Crippen molar-refractivity contribution in [2.24, 2.45) is 0 Å². The lowest BCUT2D eigenvalue weighted by atomic mass is 10.1. The van der Waals surface area contributed by atoms with Gasteiger partial charge in [-0.25, -0.2) is 0 Å². The van der Waals surface area contributed by atoms with Crippen molar-refractivity contribution in [3.05, 3.63) is 29.3 Å². The fraction of sp³-hybridized carbons (Fsp3) is 0.462. The SMILES string of the molecule is Cc1cccc(C)c1NC(=O)[C@@H]1C[C@@H](O)CN1. The van der Waals surface area contributed by atoms with E-state index in [4.69, 9.17) is 0 Å². The Labute approximate surface area is 101 Å². The number of β-amino-alcohol motifs (C(OH)–C–C–N with tert-alkyl or cyclic N) is 1. The molecule has 1 saturated heterocycles. The Balaban J connectivity index is 2.08. The number of nitrogens with one attached hydrogen (secondary N) is 2. The number of carbonyl (C=O) groups excluding carboxylic acids is 1. The summed E-state index contributed by atoms with van der Waals surface area (Å²) in [5, 5.41) is 15.3. The van der Waals surface area contributed by atoms with Crippen LogP contribution in [-0.4, -0.2) is 29.7 Å². The third-order valence-electron chi connectivity index (χ3n) is 3.15. The molecule has 17 heavy (non-hydrogen) atoms. The number of carbonyl (C=O) groups is 1. The first-order valence-corrected chi connectivity index (χ1v) is 5.86. The highest BCUT2D eigenvalue weighted by Crippen LogP contribution is 2.20. The summed E-state index contributed by atoms with van der Waals surface area (Å²) in [6.07, 6.45) is 0.0697. The number of rotatable bonds is 2. The van der Waals surface area contributed by atoms with Crippen molar-refractivity contribution in [1.29, 1.82) is 0 Å². The van der Waals surface area contributed by atoms with Crippen LogP contribution in [0, 0.1) is 13.8 Å². The van der Waals surface area contributed by atoms with E-state index in [0.29, 0.717) is 13.0 Å². The van der Waals surface area contributed by atoms with E-state index in [1.807, 2.05) is 32.0 Å². The molecule has 0 spiro atoms. The van der Waals surface area contributed by atoms with Crippen LogP contribution in [0.2, 0.25) is 0 Å². The molecule has 4 heteroatoms. The first kappa shape index (κ1) is 12.1. The molecule has 1 amide bonds. The molecule has 1 fully saturated rings. The van der Waals surface area contributed by atoms with Gasteiger partial charge in [-0.05, 0) is 31.4 Å². The first-order chi connectivity index (χ1) is 8.08. The van der Waals surface area contributed by atoms with Crippen LogP contribution in [0.1, 0.15) is 17.5 Å². The molecule has 2 atom stereocenters. The lowest BCUT2D eigenvalue weighted by Crippen LogP contribution is -2.35. The number of hydrogen-bond acceptors (Lipinski definition) is 3. The Morgan fingerprint density at radius 2 is 2.06 bits per heavy atom. The minimum atomic E-state index is -0.413. The molecule has 0 unspecified atom stereocenters. The number of anilines is 1. The second-order valence-electron chi connectivity index (χ2n) is 4.61. The largest absolute Gasteiger partial charge is 0.392 e. The Hall–Kier alpha value is -1.39. The van der Waals surface area contributed by atoms with E-state index in [1.165, 1.54) is 0 Å². The Morgan fingerprint density at radius 1 is 1.41 bits per heavy atom. The zero-order chi connectivity index (χ0) is 12.4. The van der Waals surface area contributed by atoms with Gasteiger partial charge in [0.2, 0.25) is 5.91 Å². The van der Waals surface area contributed by atoms with E-state index < -0.39 is 6.10 Å². The van der Waals surface area contributed by atoms with Gasteiger partial charge in [0, 0.05) is 12.2 Å². The molecular weight excluding hydrogens is 216 g/mol. The van der Waals surface area contributed by atoms with E-state index in [9.17, 15) is 9.90 Å². The molecule has 2 rings (SSSR count). The summed E-state index contributed by atoms with van der Waals surface area (Å²) in [6, 6.07) is 5.63. The van der Waals surface area contributed by atoms with Crippen molar-refractivity contribution in [2.75, 3.05) is 11.9 Å². The smallest absolute Gasteiger partial charge is 0.241 e. The Kier molecular flexibility index (Phi) is 3.45. The van der Waals surface area contributed by atoms with Crippen molar-refractivity contribution in [1.82, 2.24) is 5.32 Å². The molecule has 3 N–H and O–H groups in total. The maximum Gasteiger partial charge on any atom is 0.241 e. The number of amides is 1. The number of benzene rings is 1. The maximum atomic E-state index is 12.0. The van der Waals surface area contributed by atoms with Crippen LogP contribution in [0.4, 0.5) is 5.69 Å². The maximum absolute atomic E-state index is 12.0. The van der Waals surface area contributed by atoms with Gasteiger partial charge >= 0.3 is 0 Å². The summed E-state index contributed by atoms with van der Waals surface area (Å²) in [7, 11) is 0. The quantitative estimate of drug-likeness (QED) is 0.714. The van der Waals surface area contributed by atoms with Crippen LogP contribution in [0.5, 0.6) is 0 Å². The number of aliphatic hydroxyl groups is 1. The standard InChI is InChI=1S/C13H18N2O2/c1-8-4-3-5-9(2)12(8)15-13(17)11-6-10(16)7-14-11/h3-5,10-11,14,16H,6-7H2,1-2H3,(H,15,17)/t10-,11+/m1/s1. The van der Waals surface area contributed by atoms with E-state index in [1.54, 1.807) is 0 Å². The van der Waals surface area contributed by atoms with Crippen LogP contribution in [0.3, 0.4) is 0 Å². The number of hydrogen-bond donors (Lipinski definition) is 3. The molecule has 0 saturated carbocycles. The van der Waals surface area contributed by atoms with Crippen molar-refractivity contribution in [3.8, 4) is 0 Å². The van der Waals surface area contributed by atoms with Crippen molar-refractivity contribution in [2.45, 2.75) is 32.4 Å². The summed E-state index contributed by atoms with van der Waals surface area (Å²) in [5.74, 6) is -0.0704. The summed E-state index contributed by atoms with van der Waals surface area (Å²) in [4.78, 5) is 12.0. The normalized spacial score (nSPS) is 23.7. The van der Waals surface area contributed by atoms with Gasteiger partial charge in [0.15, 0.2) is 0 Å². The fourth-order valence-electron chi connectivity index (χ4n) is 2.14. The summed E-state index contributed by atoms with van der Waals surface area (Å²) >= 11 is 0. The molecular formula is C13H18N2O2. The molecule has 1 aliphatic rings. The summed E-state index contributed by atoms with van der Waals surface area (Å²) in [5.41, 5.74) is 2.98. The van der Waals surface area contributed by atoms with Crippen LogP contribution in [0.15, 0.2) is 18.2 Å². The zero-order valence-electron chi connectivity index (χ0n) is 10.2. The number of aliphatic hydroxyl groups excluding tert-OH is 1. The minimum absolute atomic E-state index is 0.0704. The van der Waals surface area contributed by atoms with Gasteiger partial charge in [0.1, 0.15) is 0 Å². The third kappa shape index (κ3) is 2.65. The molecule has 1 heterocycles. The second kappa shape index (κ2) is 4.85. The molecule has 0 radical (unpaired) electrons. The van der Waals surface area contributed by atoms with Crippen molar-refractivity contribution >= 4 is 11.6 Å². The van der Waals surface area contributed by atoms with E-state index in [2.05, 4.69) is 10.6 Å². The molecule has 1 aromatic carbocycles. The van der Waals surface area contributed by atoms with Gasteiger partial charge in [0.05, 0.1) is 12.1 Å². The van der Waals surface area contributed by atoms with Crippen molar-refractivity contribution < 1.29 is 9.90 Å². The molecule has 0 bridgehead atoms. The number of aryl methyl sites for hydroxylation is 2.